The first-order valence-electron chi connectivity index (χ1n) is 9.14. The molecule has 136 valence electrons. The van der Waals surface area contributed by atoms with Crippen molar-refractivity contribution in [3.8, 4) is 0 Å². The molecule has 6 heteroatoms. The third kappa shape index (κ3) is 3.92. The van der Waals surface area contributed by atoms with Crippen molar-refractivity contribution in [2.24, 2.45) is 0 Å². The summed E-state index contributed by atoms with van der Waals surface area (Å²) in [6.45, 7) is 9.58. The van der Waals surface area contributed by atoms with Crippen LogP contribution in [0.15, 0.2) is 29.1 Å². The van der Waals surface area contributed by atoms with Crippen LogP contribution in [0.4, 0.5) is 0 Å². The SMILES string of the molecule is CC[C@@H]1CN([C@@H](C)c2nc3ccccc3c(=O)[nH]2)CCN1C[C@@H](C)O. The molecule has 1 aliphatic heterocycles. The van der Waals surface area contributed by atoms with Gasteiger partial charge in [0.25, 0.3) is 5.56 Å². The minimum absolute atomic E-state index is 0.0556. The van der Waals surface area contributed by atoms with Gasteiger partial charge in [0.15, 0.2) is 0 Å². The second-order valence-electron chi connectivity index (χ2n) is 7.05. The molecule has 3 atom stereocenters. The first kappa shape index (κ1) is 18.0. The third-order valence-corrected chi connectivity index (χ3v) is 5.18. The zero-order valence-electron chi connectivity index (χ0n) is 15.3. The number of para-hydroxylation sites is 1. The summed E-state index contributed by atoms with van der Waals surface area (Å²) in [5.74, 6) is 0.725. The van der Waals surface area contributed by atoms with Crippen molar-refractivity contribution < 1.29 is 5.11 Å². The molecule has 2 heterocycles. The summed E-state index contributed by atoms with van der Waals surface area (Å²) in [7, 11) is 0. The summed E-state index contributed by atoms with van der Waals surface area (Å²) in [6, 6.07) is 7.92. The maximum atomic E-state index is 12.3. The Morgan fingerprint density at radius 2 is 2.08 bits per heavy atom. The molecule has 0 aliphatic carbocycles. The first-order valence-corrected chi connectivity index (χ1v) is 9.14. The molecule has 0 bridgehead atoms. The number of hydrogen-bond acceptors (Lipinski definition) is 5. The summed E-state index contributed by atoms with van der Waals surface area (Å²) in [6.07, 6.45) is 0.731. The van der Waals surface area contributed by atoms with Gasteiger partial charge >= 0.3 is 0 Å². The van der Waals surface area contributed by atoms with Crippen molar-refractivity contribution in [1.29, 1.82) is 0 Å². The Balaban J connectivity index is 1.79. The highest BCUT2D eigenvalue weighted by Crippen LogP contribution is 2.23. The third-order valence-electron chi connectivity index (χ3n) is 5.18. The number of aromatic amines is 1. The molecule has 0 amide bonds. The van der Waals surface area contributed by atoms with Crippen LogP contribution in [-0.2, 0) is 0 Å². The lowest BCUT2D eigenvalue weighted by Gasteiger charge is -2.43. The zero-order valence-corrected chi connectivity index (χ0v) is 15.3. The number of nitrogens with one attached hydrogen (secondary N) is 1. The van der Waals surface area contributed by atoms with Crippen molar-refractivity contribution in [3.63, 3.8) is 0 Å². The van der Waals surface area contributed by atoms with Gasteiger partial charge in [0.1, 0.15) is 5.82 Å². The van der Waals surface area contributed by atoms with E-state index in [4.69, 9.17) is 0 Å². The lowest BCUT2D eigenvalue weighted by molar-refractivity contribution is 0.0209. The number of piperazine rings is 1. The van der Waals surface area contributed by atoms with E-state index in [0.29, 0.717) is 18.0 Å². The van der Waals surface area contributed by atoms with Crippen molar-refractivity contribution in [2.75, 3.05) is 26.2 Å². The van der Waals surface area contributed by atoms with Crippen molar-refractivity contribution in [3.05, 3.63) is 40.4 Å². The van der Waals surface area contributed by atoms with Gasteiger partial charge in [-0.25, -0.2) is 4.98 Å². The maximum absolute atomic E-state index is 12.3. The molecule has 3 rings (SSSR count). The fourth-order valence-electron chi connectivity index (χ4n) is 3.71. The number of aliphatic hydroxyl groups is 1. The van der Waals surface area contributed by atoms with E-state index in [1.54, 1.807) is 6.07 Å². The van der Waals surface area contributed by atoms with Gasteiger partial charge < -0.3 is 10.1 Å². The highest BCUT2D eigenvalue weighted by atomic mass is 16.3. The van der Waals surface area contributed by atoms with E-state index < -0.39 is 0 Å². The minimum atomic E-state index is -0.309. The Morgan fingerprint density at radius 1 is 1.32 bits per heavy atom. The van der Waals surface area contributed by atoms with E-state index in [1.807, 2.05) is 25.1 Å². The van der Waals surface area contributed by atoms with Crippen LogP contribution in [0.2, 0.25) is 0 Å². The minimum Gasteiger partial charge on any atom is -0.392 e. The van der Waals surface area contributed by atoms with Gasteiger partial charge in [-0.2, -0.15) is 0 Å². The molecule has 0 saturated carbocycles. The predicted molar refractivity (Wildman–Crippen MR) is 99.7 cm³/mol. The second kappa shape index (κ2) is 7.64. The second-order valence-corrected chi connectivity index (χ2v) is 7.05. The molecule has 2 aromatic rings. The molecular formula is C19H28N4O2. The van der Waals surface area contributed by atoms with Gasteiger partial charge in [-0.1, -0.05) is 19.1 Å². The fourth-order valence-corrected chi connectivity index (χ4v) is 3.71. The number of aliphatic hydroxyl groups excluding tert-OH is 1. The van der Waals surface area contributed by atoms with Crippen molar-refractivity contribution >= 4 is 10.9 Å². The van der Waals surface area contributed by atoms with Gasteiger partial charge in [-0.15, -0.1) is 0 Å². The number of β-amino-alcohol motifs (C(OH)–C–C–N with tert-alkyl or cyclic N) is 1. The van der Waals surface area contributed by atoms with E-state index in [1.165, 1.54) is 0 Å². The molecule has 0 unspecified atom stereocenters. The van der Waals surface area contributed by atoms with Gasteiger partial charge in [-0.05, 0) is 32.4 Å². The molecule has 0 spiro atoms. The van der Waals surface area contributed by atoms with Crippen LogP contribution in [0.1, 0.15) is 39.1 Å². The summed E-state index contributed by atoms with van der Waals surface area (Å²) in [5.41, 5.74) is 0.667. The Kier molecular flexibility index (Phi) is 5.51. The van der Waals surface area contributed by atoms with E-state index >= 15 is 0 Å². The molecule has 1 aromatic carbocycles. The molecular weight excluding hydrogens is 316 g/mol. The zero-order chi connectivity index (χ0) is 18.0. The largest absolute Gasteiger partial charge is 0.392 e. The average molecular weight is 344 g/mol. The quantitative estimate of drug-likeness (QED) is 0.865. The number of benzene rings is 1. The number of H-pyrrole nitrogens is 1. The summed E-state index contributed by atoms with van der Waals surface area (Å²) < 4.78 is 0. The smallest absolute Gasteiger partial charge is 0.258 e. The molecule has 1 fully saturated rings. The fraction of sp³-hybridized carbons (Fsp3) is 0.579. The number of aromatic nitrogens is 2. The number of nitrogens with zero attached hydrogens (tertiary/aromatic N) is 3. The monoisotopic (exact) mass is 344 g/mol. The van der Waals surface area contributed by atoms with Gasteiger partial charge in [-0.3, -0.25) is 14.6 Å². The first-order chi connectivity index (χ1) is 12.0. The molecule has 25 heavy (non-hydrogen) atoms. The topological polar surface area (TPSA) is 72.5 Å². The molecule has 0 radical (unpaired) electrons. The summed E-state index contributed by atoms with van der Waals surface area (Å²) in [5, 5.41) is 10.3. The highest BCUT2D eigenvalue weighted by Gasteiger charge is 2.30. The van der Waals surface area contributed by atoms with Gasteiger partial charge in [0.2, 0.25) is 0 Å². The van der Waals surface area contributed by atoms with Crippen LogP contribution in [0, 0.1) is 0 Å². The Hall–Kier alpha value is -1.76. The lowest BCUT2D eigenvalue weighted by atomic mass is 10.1. The number of rotatable bonds is 5. The Morgan fingerprint density at radius 3 is 2.80 bits per heavy atom. The molecule has 6 nitrogen and oxygen atoms in total. The van der Waals surface area contributed by atoms with Crippen molar-refractivity contribution in [2.45, 2.75) is 45.4 Å². The van der Waals surface area contributed by atoms with Crippen LogP contribution >= 0.6 is 0 Å². The molecule has 1 saturated heterocycles. The lowest BCUT2D eigenvalue weighted by Crippen LogP contribution is -2.55. The van der Waals surface area contributed by atoms with E-state index in [0.717, 1.165) is 37.4 Å². The maximum Gasteiger partial charge on any atom is 0.258 e. The van der Waals surface area contributed by atoms with E-state index in [2.05, 4.69) is 33.6 Å². The average Bonchev–Trinajstić information content (AvgIpc) is 2.61. The summed E-state index contributed by atoms with van der Waals surface area (Å²) >= 11 is 0. The van der Waals surface area contributed by atoms with Crippen LogP contribution in [-0.4, -0.2) is 63.2 Å². The van der Waals surface area contributed by atoms with Crippen LogP contribution in [0.3, 0.4) is 0 Å². The van der Waals surface area contributed by atoms with Gasteiger partial charge in [0.05, 0.1) is 23.0 Å². The van der Waals surface area contributed by atoms with Crippen LogP contribution in [0.5, 0.6) is 0 Å². The van der Waals surface area contributed by atoms with E-state index in [-0.39, 0.29) is 17.7 Å². The predicted octanol–water partition coefficient (Wildman–Crippen LogP) is 1.76. The highest BCUT2D eigenvalue weighted by molar-refractivity contribution is 5.77. The number of fused-ring (bicyclic) bond motifs is 1. The normalized spacial score (nSPS) is 22.2. The van der Waals surface area contributed by atoms with Crippen LogP contribution < -0.4 is 5.56 Å². The van der Waals surface area contributed by atoms with E-state index in [9.17, 15) is 9.90 Å². The van der Waals surface area contributed by atoms with Crippen molar-refractivity contribution in [1.82, 2.24) is 19.8 Å². The summed E-state index contributed by atoms with van der Waals surface area (Å²) in [4.78, 5) is 24.7. The molecule has 1 aliphatic rings. The Bertz CT molecular complexity index is 773. The standard InChI is InChI=1S/C19H28N4O2/c1-4-15-12-22(9-10-23(15)11-13(2)24)14(3)18-20-17-8-6-5-7-16(17)19(25)21-18/h5-8,13-15,24H,4,9-12H2,1-3H3,(H,20,21,25)/t13-,14+,15-/m1/s1. The number of hydrogen-bond donors (Lipinski definition) is 2. The molecule has 2 N–H and O–H groups in total. The molecule has 1 aromatic heterocycles. The Labute approximate surface area is 148 Å². The van der Waals surface area contributed by atoms with Crippen LogP contribution in [0.25, 0.3) is 10.9 Å². The van der Waals surface area contributed by atoms with Gasteiger partial charge in [0, 0.05) is 32.2 Å².